The van der Waals surface area contributed by atoms with Gasteiger partial charge >= 0.3 is 0 Å². The van der Waals surface area contributed by atoms with Crippen LogP contribution in [0.2, 0.25) is 0 Å². The molecule has 5 nitrogen and oxygen atoms in total. The average molecular weight is 278 g/mol. The molecule has 0 aliphatic heterocycles. The van der Waals surface area contributed by atoms with Crippen LogP contribution in [-0.4, -0.2) is 27.3 Å². The van der Waals surface area contributed by atoms with Gasteiger partial charge in [-0.05, 0) is 32.6 Å². The summed E-state index contributed by atoms with van der Waals surface area (Å²) in [4.78, 5) is 18.0. The molecule has 0 radical (unpaired) electrons. The van der Waals surface area contributed by atoms with Gasteiger partial charge in [0.25, 0.3) is 5.56 Å². The molecule has 0 amide bonds. The Labute approximate surface area is 116 Å². The summed E-state index contributed by atoms with van der Waals surface area (Å²) < 4.78 is 0. The van der Waals surface area contributed by atoms with Crippen LogP contribution in [0.4, 0.5) is 0 Å². The van der Waals surface area contributed by atoms with E-state index in [0.29, 0.717) is 16.8 Å². The number of nitrogens with zero attached hydrogens (tertiary/aromatic N) is 2. The summed E-state index contributed by atoms with van der Waals surface area (Å²) in [6.07, 6.45) is 3.67. The van der Waals surface area contributed by atoms with E-state index in [0.717, 1.165) is 12.8 Å². The summed E-state index contributed by atoms with van der Waals surface area (Å²) >= 11 is 1.42. The number of thioether (sulfide) groups is 1. The molecule has 19 heavy (non-hydrogen) atoms. The van der Waals surface area contributed by atoms with E-state index in [2.05, 4.69) is 21.4 Å². The normalized spacial score (nSPS) is 18.0. The highest BCUT2D eigenvalue weighted by molar-refractivity contribution is 7.99. The number of nitriles is 1. The second-order valence-corrected chi connectivity index (χ2v) is 6.15. The third-order valence-electron chi connectivity index (χ3n) is 3.10. The fourth-order valence-electron chi connectivity index (χ4n) is 2.13. The zero-order chi connectivity index (χ0) is 13.9. The molecular weight excluding hydrogens is 260 g/mol. The van der Waals surface area contributed by atoms with Gasteiger partial charge in [-0.25, -0.2) is 4.98 Å². The number of aromatic nitrogens is 2. The second-order valence-electron chi connectivity index (χ2n) is 5.18. The van der Waals surface area contributed by atoms with Crippen molar-refractivity contribution in [2.24, 2.45) is 5.92 Å². The fourth-order valence-corrected chi connectivity index (χ4v) is 3.19. The monoisotopic (exact) mass is 278 g/mol. The molecule has 1 aromatic heterocycles. The van der Waals surface area contributed by atoms with Crippen molar-refractivity contribution >= 4 is 11.8 Å². The highest BCUT2D eigenvalue weighted by Crippen LogP contribution is 2.42. The van der Waals surface area contributed by atoms with Crippen LogP contribution in [-0.2, 0) is 0 Å². The Morgan fingerprint density at radius 1 is 1.68 bits per heavy atom. The quantitative estimate of drug-likeness (QED) is 0.609. The molecule has 0 aromatic carbocycles. The number of nitrogens with one attached hydrogen (secondary N) is 2. The Bertz CT molecular complexity index is 532. The molecular formula is C13H18N4OS. The maximum atomic E-state index is 11.2. The number of aromatic amines is 1. The van der Waals surface area contributed by atoms with Crippen molar-refractivity contribution in [3.63, 3.8) is 0 Å². The van der Waals surface area contributed by atoms with Gasteiger partial charge in [-0.1, -0.05) is 11.8 Å². The first-order valence-electron chi connectivity index (χ1n) is 6.43. The molecule has 1 unspecified atom stereocenters. The van der Waals surface area contributed by atoms with Crippen molar-refractivity contribution in [1.29, 1.82) is 5.26 Å². The SMILES string of the molecule is CC(C)NC(C#N)(CSc1nccc(=O)[nH]1)C1CC1. The number of hydrogen-bond donors (Lipinski definition) is 2. The van der Waals surface area contributed by atoms with Crippen LogP contribution >= 0.6 is 11.8 Å². The van der Waals surface area contributed by atoms with Crippen LogP contribution in [0.5, 0.6) is 0 Å². The van der Waals surface area contributed by atoms with Gasteiger partial charge in [0.1, 0.15) is 5.54 Å². The first-order valence-corrected chi connectivity index (χ1v) is 7.41. The first kappa shape index (κ1) is 14.1. The van der Waals surface area contributed by atoms with Crippen molar-refractivity contribution in [1.82, 2.24) is 15.3 Å². The van der Waals surface area contributed by atoms with E-state index in [9.17, 15) is 10.1 Å². The van der Waals surface area contributed by atoms with Gasteiger partial charge in [-0.15, -0.1) is 0 Å². The highest BCUT2D eigenvalue weighted by atomic mass is 32.2. The zero-order valence-electron chi connectivity index (χ0n) is 11.1. The average Bonchev–Trinajstić information content (AvgIpc) is 3.19. The van der Waals surface area contributed by atoms with Crippen LogP contribution in [0.1, 0.15) is 26.7 Å². The predicted octanol–water partition coefficient (Wildman–Crippen LogP) is 1.53. The molecule has 102 valence electrons. The summed E-state index contributed by atoms with van der Waals surface area (Å²) in [5, 5.41) is 13.5. The Kier molecular flexibility index (Phi) is 4.27. The third kappa shape index (κ3) is 3.58. The molecule has 1 aliphatic carbocycles. The number of H-pyrrole nitrogens is 1. The summed E-state index contributed by atoms with van der Waals surface area (Å²) in [6, 6.07) is 4.08. The minimum Gasteiger partial charge on any atom is -0.301 e. The van der Waals surface area contributed by atoms with Crippen molar-refractivity contribution in [3.05, 3.63) is 22.6 Å². The Hall–Kier alpha value is -1.32. The summed E-state index contributed by atoms with van der Waals surface area (Å²) in [5.74, 6) is 1.00. The molecule has 1 aliphatic rings. The number of hydrogen-bond acceptors (Lipinski definition) is 5. The van der Waals surface area contributed by atoms with E-state index >= 15 is 0 Å². The van der Waals surface area contributed by atoms with Crippen molar-refractivity contribution < 1.29 is 0 Å². The molecule has 2 N–H and O–H groups in total. The molecule has 2 rings (SSSR count). The lowest BCUT2D eigenvalue weighted by molar-refractivity contribution is 0.370. The zero-order valence-corrected chi connectivity index (χ0v) is 12.0. The van der Waals surface area contributed by atoms with Crippen LogP contribution in [0, 0.1) is 17.2 Å². The molecule has 6 heteroatoms. The van der Waals surface area contributed by atoms with Gasteiger partial charge in [0, 0.05) is 24.1 Å². The molecule has 0 saturated heterocycles. The smallest absolute Gasteiger partial charge is 0.251 e. The van der Waals surface area contributed by atoms with Gasteiger partial charge in [0.05, 0.1) is 6.07 Å². The van der Waals surface area contributed by atoms with Crippen molar-refractivity contribution in [2.45, 2.75) is 43.4 Å². The Balaban J connectivity index is 2.08. The van der Waals surface area contributed by atoms with Crippen molar-refractivity contribution in [3.8, 4) is 6.07 Å². The molecule has 0 bridgehead atoms. The van der Waals surface area contributed by atoms with Crippen LogP contribution in [0.15, 0.2) is 22.2 Å². The van der Waals surface area contributed by atoms with Gasteiger partial charge < -0.3 is 4.98 Å². The molecule has 1 atom stereocenters. The minimum absolute atomic E-state index is 0.164. The summed E-state index contributed by atoms with van der Waals surface area (Å²) in [7, 11) is 0. The molecule has 1 fully saturated rings. The maximum absolute atomic E-state index is 11.2. The lowest BCUT2D eigenvalue weighted by Crippen LogP contribution is -2.51. The maximum Gasteiger partial charge on any atom is 0.251 e. The van der Waals surface area contributed by atoms with Crippen LogP contribution in [0.25, 0.3) is 0 Å². The molecule has 0 spiro atoms. The lowest BCUT2D eigenvalue weighted by atomic mass is 9.96. The van der Waals surface area contributed by atoms with E-state index < -0.39 is 5.54 Å². The summed E-state index contributed by atoms with van der Waals surface area (Å²) in [5.41, 5.74) is -0.684. The van der Waals surface area contributed by atoms with Crippen LogP contribution < -0.4 is 10.9 Å². The standard InChI is InChI=1S/C13H18N4OS/c1-9(2)17-13(7-14,10-3-4-10)8-19-12-15-6-5-11(18)16-12/h5-6,9-10,17H,3-4,8H2,1-2H3,(H,15,16,18). The minimum atomic E-state index is -0.521. The van der Waals surface area contributed by atoms with Crippen molar-refractivity contribution in [2.75, 3.05) is 5.75 Å². The van der Waals surface area contributed by atoms with E-state index in [-0.39, 0.29) is 11.6 Å². The van der Waals surface area contributed by atoms with E-state index in [1.54, 1.807) is 0 Å². The third-order valence-corrected chi connectivity index (χ3v) is 4.19. The first-order chi connectivity index (χ1) is 9.05. The van der Waals surface area contributed by atoms with Gasteiger partial charge in [0.2, 0.25) is 0 Å². The molecule has 1 saturated carbocycles. The number of rotatable bonds is 6. The van der Waals surface area contributed by atoms with Crippen LogP contribution in [0.3, 0.4) is 0 Å². The van der Waals surface area contributed by atoms with E-state index in [1.807, 2.05) is 13.8 Å². The topological polar surface area (TPSA) is 81.6 Å². The summed E-state index contributed by atoms with van der Waals surface area (Å²) in [6.45, 7) is 4.09. The lowest BCUT2D eigenvalue weighted by Gasteiger charge is -2.29. The molecule has 1 aromatic rings. The Morgan fingerprint density at radius 2 is 2.42 bits per heavy atom. The molecule has 1 heterocycles. The van der Waals surface area contributed by atoms with E-state index in [4.69, 9.17) is 0 Å². The highest BCUT2D eigenvalue weighted by Gasteiger charge is 2.46. The Morgan fingerprint density at radius 3 is 2.95 bits per heavy atom. The van der Waals surface area contributed by atoms with Gasteiger partial charge in [0.15, 0.2) is 5.16 Å². The van der Waals surface area contributed by atoms with Gasteiger partial charge in [-0.3, -0.25) is 10.1 Å². The fraction of sp³-hybridized carbons (Fsp3) is 0.615. The predicted molar refractivity (Wildman–Crippen MR) is 74.9 cm³/mol. The second kappa shape index (κ2) is 5.76. The largest absolute Gasteiger partial charge is 0.301 e. The van der Waals surface area contributed by atoms with E-state index in [1.165, 1.54) is 24.0 Å². The van der Waals surface area contributed by atoms with Gasteiger partial charge in [-0.2, -0.15) is 5.26 Å².